The summed E-state index contributed by atoms with van der Waals surface area (Å²) in [6.07, 6.45) is 0.720. The van der Waals surface area contributed by atoms with Crippen molar-refractivity contribution in [2.75, 3.05) is 18.1 Å². The summed E-state index contributed by atoms with van der Waals surface area (Å²) in [5.74, 6) is -4.78. The Hall–Kier alpha value is -4.28. The highest BCUT2D eigenvalue weighted by Crippen LogP contribution is 2.24. The van der Waals surface area contributed by atoms with Crippen molar-refractivity contribution in [2.24, 2.45) is 0 Å². The lowest BCUT2D eigenvalue weighted by Crippen LogP contribution is -2.39. The number of nitrogens with zero attached hydrogens (tertiary/aromatic N) is 6. The van der Waals surface area contributed by atoms with Crippen molar-refractivity contribution in [3.63, 3.8) is 0 Å². The molecule has 17 heteroatoms. The second-order valence-electron chi connectivity index (χ2n) is 7.36. The largest absolute Gasteiger partial charge is 0.490 e. The van der Waals surface area contributed by atoms with Gasteiger partial charge in [-0.15, -0.1) is 0 Å². The molecule has 0 aliphatic carbocycles. The summed E-state index contributed by atoms with van der Waals surface area (Å²) in [4.78, 5) is 37.1. The Morgan fingerprint density at radius 1 is 0.947 bits per heavy atom. The van der Waals surface area contributed by atoms with Gasteiger partial charge in [-0.3, -0.25) is 4.98 Å². The van der Waals surface area contributed by atoms with Crippen molar-refractivity contribution in [2.45, 2.75) is 31.5 Å². The summed E-state index contributed by atoms with van der Waals surface area (Å²) in [5, 5.41) is 14.2. The van der Waals surface area contributed by atoms with E-state index in [9.17, 15) is 26.3 Å². The molecule has 1 atom stereocenters. The number of ether oxygens (including phenoxy) is 1. The van der Waals surface area contributed by atoms with Gasteiger partial charge in [-0.2, -0.15) is 26.3 Å². The second kappa shape index (κ2) is 13.3. The fourth-order valence-electron chi connectivity index (χ4n) is 2.92. The highest BCUT2D eigenvalue weighted by molar-refractivity contribution is 5.73. The van der Waals surface area contributed by atoms with Gasteiger partial charge < -0.3 is 24.4 Å². The van der Waals surface area contributed by atoms with E-state index in [-0.39, 0.29) is 6.04 Å². The van der Waals surface area contributed by atoms with E-state index in [1.165, 1.54) is 0 Å². The van der Waals surface area contributed by atoms with Crippen LogP contribution in [0.4, 0.5) is 32.3 Å². The Morgan fingerprint density at radius 3 is 2.08 bits per heavy atom. The molecule has 0 amide bonds. The van der Waals surface area contributed by atoms with Gasteiger partial charge in [-0.1, -0.05) is 6.07 Å². The molecule has 3 aromatic heterocycles. The maximum absolute atomic E-state index is 10.6. The predicted octanol–water partition coefficient (Wildman–Crippen LogP) is 3.11. The highest BCUT2D eigenvalue weighted by Gasteiger charge is 2.38. The summed E-state index contributed by atoms with van der Waals surface area (Å²) in [5.41, 5.74) is 2.21. The first-order valence-electron chi connectivity index (χ1n) is 10.4. The maximum Gasteiger partial charge on any atom is 0.490 e. The van der Waals surface area contributed by atoms with E-state index in [1.54, 1.807) is 18.6 Å². The number of aromatic nitrogens is 5. The summed E-state index contributed by atoms with van der Waals surface area (Å²) in [7, 11) is 0. The zero-order valence-corrected chi connectivity index (χ0v) is 19.2. The Kier molecular flexibility index (Phi) is 10.5. The highest BCUT2D eigenvalue weighted by atomic mass is 19.4. The first kappa shape index (κ1) is 29.9. The molecule has 0 saturated heterocycles. The number of imidazole rings is 1. The van der Waals surface area contributed by atoms with Crippen LogP contribution in [0.1, 0.15) is 17.3 Å². The third-order valence-corrected chi connectivity index (χ3v) is 4.55. The zero-order valence-electron chi connectivity index (χ0n) is 19.2. The number of anilines is 1. The molecule has 0 bridgehead atoms. The monoisotopic (exact) mass is 550 g/mol. The fourth-order valence-corrected chi connectivity index (χ4v) is 2.92. The van der Waals surface area contributed by atoms with Crippen LogP contribution in [0.3, 0.4) is 0 Å². The number of hydrogen-bond donors (Lipinski definition) is 2. The minimum atomic E-state index is -5.08. The first-order valence-corrected chi connectivity index (χ1v) is 10.4. The number of rotatable bonds is 5. The minimum Gasteiger partial charge on any atom is -0.475 e. The smallest absolute Gasteiger partial charge is 0.475 e. The van der Waals surface area contributed by atoms with Crippen molar-refractivity contribution in [3.05, 3.63) is 66.8 Å². The fraction of sp³-hybridized carbons (Fsp3) is 0.333. The van der Waals surface area contributed by atoms with Crippen LogP contribution in [-0.4, -0.2) is 72.2 Å². The topological polar surface area (TPSA) is 144 Å². The number of hydrogen-bond acceptors (Lipinski definition) is 8. The van der Waals surface area contributed by atoms with Crippen molar-refractivity contribution in [1.82, 2.24) is 24.5 Å². The average Bonchev–Trinajstić information content (AvgIpc) is 3.34. The third kappa shape index (κ3) is 9.64. The van der Waals surface area contributed by atoms with Gasteiger partial charge in [0.25, 0.3) is 0 Å². The maximum atomic E-state index is 10.6. The van der Waals surface area contributed by atoms with E-state index in [4.69, 9.17) is 24.5 Å². The van der Waals surface area contributed by atoms with E-state index >= 15 is 0 Å². The number of carbonyl (C=O) groups is 2. The quantitative estimate of drug-likeness (QED) is 0.455. The van der Waals surface area contributed by atoms with Gasteiger partial charge in [0, 0.05) is 37.5 Å². The zero-order chi connectivity index (χ0) is 28.3. The van der Waals surface area contributed by atoms with Crippen molar-refractivity contribution in [1.29, 1.82) is 0 Å². The van der Waals surface area contributed by atoms with E-state index in [1.807, 2.05) is 36.9 Å². The van der Waals surface area contributed by atoms with Gasteiger partial charge in [0.15, 0.2) is 0 Å². The molecule has 0 saturated carbocycles. The number of carboxylic acid groups (broad SMARTS) is 2. The van der Waals surface area contributed by atoms with Gasteiger partial charge in [0.2, 0.25) is 5.95 Å². The van der Waals surface area contributed by atoms with Gasteiger partial charge in [0.1, 0.15) is 0 Å². The SMILES string of the molecule is O=C(O)C(F)(F)F.O=C(O)C(F)(F)F.c1cnc(N2Cc3cncn3C(COCc3cccnc3)C2)nc1. The molecule has 206 valence electrons. The molecule has 0 aromatic carbocycles. The Labute approximate surface area is 210 Å². The summed E-state index contributed by atoms with van der Waals surface area (Å²) < 4.78 is 71.6. The molecule has 1 unspecified atom stereocenters. The van der Waals surface area contributed by atoms with E-state index in [0.29, 0.717) is 13.2 Å². The van der Waals surface area contributed by atoms with Crippen LogP contribution in [-0.2, 0) is 27.5 Å². The molecular weight excluding hydrogens is 530 g/mol. The Bertz CT molecular complexity index is 1140. The van der Waals surface area contributed by atoms with Crippen LogP contribution in [0.25, 0.3) is 0 Å². The minimum absolute atomic E-state index is 0.178. The summed E-state index contributed by atoms with van der Waals surface area (Å²) >= 11 is 0. The lowest BCUT2D eigenvalue weighted by atomic mass is 10.2. The second-order valence-corrected chi connectivity index (χ2v) is 7.36. The number of halogens is 6. The molecule has 0 radical (unpaired) electrons. The van der Waals surface area contributed by atoms with Crippen molar-refractivity contribution in [3.8, 4) is 0 Å². The molecule has 1 aliphatic heterocycles. The molecular formula is C21H20F6N6O5. The van der Waals surface area contributed by atoms with Crippen LogP contribution < -0.4 is 4.90 Å². The van der Waals surface area contributed by atoms with Crippen LogP contribution in [0, 0.1) is 0 Å². The van der Waals surface area contributed by atoms with E-state index in [2.05, 4.69) is 29.4 Å². The van der Waals surface area contributed by atoms with Gasteiger partial charge >= 0.3 is 24.3 Å². The molecule has 1 aliphatic rings. The van der Waals surface area contributed by atoms with Crippen LogP contribution >= 0.6 is 0 Å². The first-order chi connectivity index (χ1) is 17.8. The van der Waals surface area contributed by atoms with Crippen LogP contribution in [0.2, 0.25) is 0 Å². The van der Waals surface area contributed by atoms with Crippen LogP contribution in [0.15, 0.2) is 55.5 Å². The van der Waals surface area contributed by atoms with Gasteiger partial charge in [-0.05, 0) is 17.7 Å². The molecule has 2 N–H and O–H groups in total. The number of carboxylic acids is 2. The average molecular weight is 550 g/mol. The lowest BCUT2D eigenvalue weighted by molar-refractivity contribution is -0.193. The molecule has 4 heterocycles. The Morgan fingerprint density at radius 2 is 1.55 bits per heavy atom. The van der Waals surface area contributed by atoms with Crippen molar-refractivity contribution >= 4 is 17.9 Å². The normalized spacial score (nSPS) is 14.8. The lowest BCUT2D eigenvalue weighted by Gasteiger charge is -2.34. The standard InChI is InChI=1S/C17H18N6O.2C2HF3O2/c1-3-14(7-18-4-1)11-24-12-16-10-22(17-20-5-2-6-21-17)9-15-8-19-13-23(15)16;2*3-2(4,5)1(6)7/h1-8,13,16H,9-12H2;2*(H,6,7). The molecule has 0 spiro atoms. The summed E-state index contributed by atoms with van der Waals surface area (Å²) in [6, 6.07) is 5.94. The number of fused-ring (bicyclic) bond motifs is 1. The predicted molar refractivity (Wildman–Crippen MR) is 116 cm³/mol. The number of aliphatic carboxylic acids is 2. The summed E-state index contributed by atoms with van der Waals surface area (Å²) in [6.45, 7) is 2.70. The van der Waals surface area contributed by atoms with E-state index in [0.717, 1.165) is 30.3 Å². The van der Waals surface area contributed by atoms with Gasteiger partial charge in [-0.25, -0.2) is 24.5 Å². The number of alkyl halides is 6. The van der Waals surface area contributed by atoms with E-state index < -0.39 is 24.3 Å². The van der Waals surface area contributed by atoms with Crippen LogP contribution in [0.5, 0.6) is 0 Å². The number of pyridine rings is 1. The van der Waals surface area contributed by atoms with Gasteiger partial charge in [0.05, 0.1) is 37.8 Å². The molecule has 38 heavy (non-hydrogen) atoms. The molecule has 11 nitrogen and oxygen atoms in total. The third-order valence-electron chi connectivity index (χ3n) is 4.55. The molecule has 3 aromatic rings. The molecule has 4 rings (SSSR count). The Balaban J connectivity index is 0.000000301. The molecule has 0 fully saturated rings. The van der Waals surface area contributed by atoms with Crippen molar-refractivity contribution < 1.29 is 50.9 Å².